The van der Waals surface area contributed by atoms with Gasteiger partial charge in [0, 0.05) is 0 Å². The number of phosphoric acid groups is 1. The predicted molar refractivity (Wildman–Crippen MR) is 88.7 cm³/mol. The zero-order valence-electron chi connectivity index (χ0n) is 7.58. The Balaban J connectivity index is 4.81. The third kappa shape index (κ3) is 11.3. The molecule has 0 spiro atoms. The lowest BCUT2D eigenvalue weighted by atomic mass is 11.2. The molecule has 0 saturated carbocycles. The Bertz CT molecular complexity index is 323. The first kappa shape index (κ1) is 18.7. The molecule has 0 aliphatic carbocycles. The van der Waals surface area contributed by atoms with Gasteiger partial charge in [0.25, 0.3) is 0 Å². The molecule has 0 amide bonds. The molecular weight excluding hydrogens is 646 g/mol. The van der Waals surface area contributed by atoms with Crippen LogP contribution in [0.5, 0.6) is 0 Å². The molecule has 0 aromatic heterocycles. The van der Waals surface area contributed by atoms with Gasteiger partial charge in [-0.15, -0.1) is 0 Å². The molecule has 0 aromatic carbocycles. The molecular formula is C6H3Br6O4P. The van der Waals surface area contributed by atoms with Gasteiger partial charge >= 0.3 is 7.82 Å². The van der Waals surface area contributed by atoms with E-state index in [9.17, 15) is 4.57 Å². The lowest BCUT2D eigenvalue weighted by Gasteiger charge is -2.13. The summed E-state index contributed by atoms with van der Waals surface area (Å²) in [5.41, 5.74) is 0. The molecule has 98 valence electrons. The zero-order chi connectivity index (χ0) is 13.5. The molecule has 0 aromatic rings. The summed E-state index contributed by atoms with van der Waals surface area (Å²) in [7, 11) is -3.79. The molecule has 0 N–H and O–H groups in total. The van der Waals surface area contributed by atoms with Gasteiger partial charge in [-0.2, -0.15) is 4.57 Å². The van der Waals surface area contributed by atoms with E-state index in [1.807, 2.05) is 0 Å². The van der Waals surface area contributed by atoms with Crippen LogP contribution in [0.2, 0.25) is 0 Å². The van der Waals surface area contributed by atoms with Crippen LogP contribution in [0.4, 0.5) is 0 Å². The monoisotopic (exact) mass is 643 g/mol. The molecule has 0 unspecified atom stereocenters. The first-order valence-electron chi connectivity index (χ1n) is 3.44. The Morgan fingerprint density at radius 2 is 0.941 bits per heavy atom. The van der Waals surface area contributed by atoms with Crippen LogP contribution >= 0.6 is 103 Å². The van der Waals surface area contributed by atoms with Crippen molar-refractivity contribution in [2.24, 2.45) is 0 Å². The topological polar surface area (TPSA) is 44.8 Å². The van der Waals surface area contributed by atoms with Crippen LogP contribution in [0.25, 0.3) is 0 Å². The first-order valence-corrected chi connectivity index (χ1v) is 9.66. The van der Waals surface area contributed by atoms with E-state index < -0.39 is 7.82 Å². The van der Waals surface area contributed by atoms with Crippen LogP contribution in [0, 0.1) is 0 Å². The molecule has 17 heavy (non-hydrogen) atoms. The number of hydrogen-bond acceptors (Lipinski definition) is 4. The van der Waals surface area contributed by atoms with E-state index in [-0.39, 0.29) is 0 Å². The van der Waals surface area contributed by atoms with Gasteiger partial charge in [0.1, 0.15) is 18.8 Å². The summed E-state index contributed by atoms with van der Waals surface area (Å²) in [6.45, 7) is 0. The molecule has 0 radical (unpaired) electrons. The summed E-state index contributed by atoms with van der Waals surface area (Å²) in [6.07, 6.45) is 3.40. The van der Waals surface area contributed by atoms with Crippen molar-refractivity contribution in [1.82, 2.24) is 0 Å². The third-order valence-electron chi connectivity index (χ3n) is 0.813. The minimum Gasteiger partial charge on any atom is -0.392 e. The number of hydrogen-bond donors (Lipinski definition) is 0. The second kappa shape index (κ2) is 9.61. The van der Waals surface area contributed by atoms with E-state index in [1.165, 1.54) is 0 Å². The smallest absolute Gasteiger partial charge is 0.392 e. The van der Waals surface area contributed by atoms with E-state index in [0.29, 0.717) is 10.2 Å². The van der Waals surface area contributed by atoms with E-state index in [4.69, 9.17) is 13.6 Å². The SMILES string of the molecule is O=P(OC=C(Br)Br)(OC=C(Br)Br)OC=C(Br)Br. The van der Waals surface area contributed by atoms with Crippen LogP contribution in [0.15, 0.2) is 29.0 Å². The second-order valence-corrected chi connectivity index (χ2v) is 11.8. The van der Waals surface area contributed by atoms with E-state index >= 15 is 0 Å². The van der Waals surface area contributed by atoms with Gasteiger partial charge in [0.15, 0.2) is 0 Å². The van der Waals surface area contributed by atoms with Crippen molar-refractivity contribution in [3.05, 3.63) is 29.0 Å². The van der Waals surface area contributed by atoms with Gasteiger partial charge in [-0.05, 0) is 95.6 Å². The lowest BCUT2D eigenvalue weighted by Crippen LogP contribution is -1.89. The molecule has 0 atom stereocenters. The minimum atomic E-state index is -3.79. The van der Waals surface area contributed by atoms with E-state index in [2.05, 4.69) is 95.6 Å². The average Bonchev–Trinajstić information content (AvgIpc) is 2.21. The van der Waals surface area contributed by atoms with Crippen LogP contribution < -0.4 is 0 Å². The van der Waals surface area contributed by atoms with Crippen LogP contribution in [-0.2, 0) is 18.1 Å². The van der Waals surface area contributed by atoms with Gasteiger partial charge in [-0.1, -0.05) is 0 Å². The highest BCUT2D eigenvalue weighted by Gasteiger charge is 2.28. The van der Waals surface area contributed by atoms with Crippen molar-refractivity contribution in [2.45, 2.75) is 0 Å². The van der Waals surface area contributed by atoms with E-state index in [1.54, 1.807) is 0 Å². The summed E-state index contributed by atoms with van der Waals surface area (Å²) in [6, 6.07) is 0. The molecule has 0 aliphatic rings. The summed E-state index contributed by atoms with van der Waals surface area (Å²) in [5.74, 6) is 0. The van der Waals surface area contributed by atoms with Crippen LogP contribution in [0.3, 0.4) is 0 Å². The summed E-state index contributed by atoms with van der Waals surface area (Å²) >= 11 is 18.2. The Morgan fingerprint density at radius 3 is 1.12 bits per heavy atom. The molecule has 11 heteroatoms. The normalized spacial score (nSPS) is 10.0. The van der Waals surface area contributed by atoms with Crippen LogP contribution in [-0.4, -0.2) is 0 Å². The first-order chi connectivity index (χ1) is 7.75. The molecule has 4 nitrogen and oxygen atoms in total. The van der Waals surface area contributed by atoms with Crippen LogP contribution in [0.1, 0.15) is 0 Å². The highest BCUT2D eigenvalue weighted by molar-refractivity contribution is 9.29. The van der Waals surface area contributed by atoms with Crippen molar-refractivity contribution >= 4 is 103 Å². The maximum absolute atomic E-state index is 12.0. The molecule has 0 heterocycles. The molecule has 0 fully saturated rings. The summed E-state index contributed by atoms with van der Waals surface area (Å²) < 4.78 is 28.0. The fourth-order valence-electron chi connectivity index (χ4n) is 0.388. The maximum atomic E-state index is 12.0. The van der Waals surface area contributed by atoms with Crippen molar-refractivity contribution in [2.75, 3.05) is 0 Å². The number of rotatable bonds is 6. The Morgan fingerprint density at radius 1 is 0.706 bits per heavy atom. The largest absolute Gasteiger partial charge is 0.645 e. The quantitative estimate of drug-likeness (QED) is 0.232. The zero-order valence-corrected chi connectivity index (χ0v) is 18.0. The van der Waals surface area contributed by atoms with Gasteiger partial charge < -0.3 is 13.6 Å². The number of phosphoric ester groups is 1. The predicted octanol–water partition coefficient (Wildman–Crippen LogP) is 6.91. The Labute approximate surface area is 149 Å². The highest BCUT2D eigenvalue weighted by Crippen LogP contribution is 2.52. The second-order valence-electron chi connectivity index (χ2n) is 1.99. The van der Waals surface area contributed by atoms with Crippen molar-refractivity contribution in [1.29, 1.82) is 0 Å². The third-order valence-corrected chi connectivity index (χ3v) is 3.02. The van der Waals surface area contributed by atoms with Crippen molar-refractivity contribution in [3.63, 3.8) is 0 Å². The molecule has 0 bridgehead atoms. The number of halogens is 6. The fraction of sp³-hybridized carbons (Fsp3) is 0. The fourth-order valence-corrected chi connectivity index (χ4v) is 2.67. The maximum Gasteiger partial charge on any atom is 0.645 e. The van der Waals surface area contributed by atoms with Gasteiger partial charge in [0.05, 0.1) is 10.2 Å². The Hall–Kier alpha value is 1.73. The van der Waals surface area contributed by atoms with Gasteiger partial charge in [-0.25, -0.2) is 0 Å². The minimum absolute atomic E-state index is 0.446. The summed E-state index contributed by atoms with van der Waals surface area (Å²) in [4.78, 5) is 0. The van der Waals surface area contributed by atoms with Crippen molar-refractivity contribution < 1.29 is 18.1 Å². The van der Waals surface area contributed by atoms with Gasteiger partial charge in [-0.3, -0.25) is 0 Å². The highest BCUT2D eigenvalue weighted by atomic mass is 79.9. The van der Waals surface area contributed by atoms with Gasteiger partial charge in [0.2, 0.25) is 0 Å². The lowest BCUT2D eigenvalue weighted by molar-refractivity contribution is 0.231. The Kier molecular flexibility index (Phi) is 10.6. The summed E-state index contributed by atoms with van der Waals surface area (Å²) in [5, 5.41) is 0. The molecule has 0 aliphatic heterocycles. The standard InChI is InChI=1S/C6H3Br6O4P/c7-4(8)1-14-17(13,15-2-5(9)10)16-3-6(11)12/h1-3H. The van der Waals surface area contributed by atoms with E-state index in [0.717, 1.165) is 18.8 Å². The molecule has 0 saturated heterocycles. The molecule has 0 rings (SSSR count). The van der Waals surface area contributed by atoms with Crippen molar-refractivity contribution in [3.8, 4) is 0 Å². The average molecular weight is 649 g/mol.